The fourth-order valence-electron chi connectivity index (χ4n) is 11.7. The molecule has 0 radical (unpaired) electrons. The Kier molecular flexibility index (Phi) is 4.46. The van der Waals surface area contributed by atoms with Gasteiger partial charge in [-0.1, -0.05) is 34.6 Å². The van der Waals surface area contributed by atoms with Crippen molar-refractivity contribution in [2.75, 3.05) is 0 Å². The molecule has 182 valence electrons. The molecule has 2 heteroatoms. The lowest BCUT2D eigenvalue weighted by Gasteiger charge is -2.63. The molecule has 1 heterocycles. The van der Waals surface area contributed by atoms with Crippen LogP contribution in [0.15, 0.2) is 0 Å². The first-order chi connectivity index (χ1) is 14.8. The van der Waals surface area contributed by atoms with Gasteiger partial charge in [-0.15, -0.1) is 0 Å². The van der Waals surface area contributed by atoms with Crippen molar-refractivity contribution in [3.8, 4) is 0 Å². The zero-order chi connectivity index (χ0) is 22.9. The molecule has 0 amide bonds. The summed E-state index contributed by atoms with van der Waals surface area (Å²) in [5.74, 6) is 3.40. The number of aliphatic hydroxyl groups excluding tert-OH is 1. The van der Waals surface area contributed by atoms with E-state index in [0.717, 1.165) is 30.1 Å². The molecule has 6 aliphatic rings. The maximum Gasteiger partial charge on any atom is 0.0892 e. The number of hydrogen-bond acceptors (Lipinski definition) is 2. The Morgan fingerprint density at radius 3 is 2.16 bits per heavy atom. The molecular weight excluding hydrogens is 392 g/mol. The Morgan fingerprint density at radius 2 is 1.47 bits per heavy atom. The molecule has 1 N–H and O–H groups in total. The van der Waals surface area contributed by atoms with E-state index in [4.69, 9.17) is 4.74 Å². The highest BCUT2D eigenvalue weighted by Crippen LogP contribution is 2.89. The van der Waals surface area contributed by atoms with Crippen molar-refractivity contribution in [3.05, 3.63) is 0 Å². The van der Waals surface area contributed by atoms with Crippen LogP contribution in [0.5, 0.6) is 0 Å². The average Bonchev–Trinajstić information content (AvgIpc) is 3.53. The first kappa shape index (κ1) is 22.4. The molecule has 10 unspecified atom stereocenters. The molecule has 10 atom stereocenters. The van der Waals surface area contributed by atoms with Crippen LogP contribution in [0.25, 0.3) is 0 Å². The largest absolute Gasteiger partial charge is 0.393 e. The predicted octanol–water partition coefficient (Wildman–Crippen LogP) is 7.38. The second-order valence-corrected chi connectivity index (χ2v) is 15.3. The normalized spacial score (nSPS) is 57.6. The molecule has 32 heavy (non-hydrogen) atoms. The molecular formula is C30H50O2. The first-order valence-corrected chi connectivity index (χ1v) is 14.2. The Labute approximate surface area is 197 Å². The van der Waals surface area contributed by atoms with Gasteiger partial charge in [0.15, 0.2) is 0 Å². The van der Waals surface area contributed by atoms with E-state index in [-0.39, 0.29) is 17.1 Å². The lowest BCUT2D eigenvalue weighted by atomic mass is 9.41. The second kappa shape index (κ2) is 6.37. The van der Waals surface area contributed by atoms with Crippen molar-refractivity contribution in [1.29, 1.82) is 0 Å². The fourth-order valence-corrected chi connectivity index (χ4v) is 11.7. The zero-order valence-corrected chi connectivity index (χ0v) is 22.1. The molecule has 2 nitrogen and oxygen atoms in total. The Bertz CT molecular complexity index is 801. The number of fused-ring (bicyclic) bond motifs is 2. The van der Waals surface area contributed by atoms with E-state index in [2.05, 4.69) is 48.5 Å². The van der Waals surface area contributed by atoms with Gasteiger partial charge in [-0.25, -0.2) is 0 Å². The third-order valence-electron chi connectivity index (χ3n) is 13.9. The quantitative estimate of drug-likeness (QED) is 0.461. The average molecular weight is 443 g/mol. The predicted molar refractivity (Wildman–Crippen MR) is 130 cm³/mol. The summed E-state index contributed by atoms with van der Waals surface area (Å²) in [4.78, 5) is 0. The van der Waals surface area contributed by atoms with Crippen LogP contribution in [0.3, 0.4) is 0 Å². The highest BCUT2D eigenvalue weighted by atomic mass is 16.6. The molecule has 0 aromatic carbocycles. The Balaban J connectivity index is 1.24. The fraction of sp³-hybridized carbons (Fsp3) is 1.00. The van der Waals surface area contributed by atoms with Crippen LogP contribution in [0, 0.1) is 50.7 Å². The van der Waals surface area contributed by atoms with Gasteiger partial charge in [-0.2, -0.15) is 0 Å². The molecule has 5 saturated carbocycles. The molecule has 1 aliphatic heterocycles. The van der Waals surface area contributed by atoms with Gasteiger partial charge in [-0.05, 0) is 135 Å². The Morgan fingerprint density at radius 1 is 0.812 bits per heavy atom. The van der Waals surface area contributed by atoms with Gasteiger partial charge in [0.2, 0.25) is 0 Å². The summed E-state index contributed by atoms with van der Waals surface area (Å²) in [7, 11) is 0. The van der Waals surface area contributed by atoms with Crippen LogP contribution in [0.2, 0.25) is 0 Å². The molecule has 5 aliphatic carbocycles. The van der Waals surface area contributed by atoms with Crippen molar-refractivity contribution >= 4 is 0 Å². The number of ether oxygens (including phenoxy) is 1. The van der Waals surface area contributed by atoms with E-state index in [9.17, 15) is 5.11 Å². The minimum absolute atomic E-state index is 0.0890. The van der Waals surface area contributed by atoms with Crippen LogP contribution in [0.1, 0.15) is 119 Å². The monoisotopic (exact) mass is 442 g/mol. The Hall–Kier alpha value is -0.0800. The smallest absolute Gasteiger partial charge is 0.0892 e. The van der Waals surface area contributed by atoms with Crippen LogP contribution in [-0.2, 0) is 4.74 Å². The van der Waals surface area contributed by atoms with Gasteiger partial charge < -0.3 is 9.84 Å². The summed E-state index contributed by atoms with van der Waals surface area (Å²) in [5.41, 5.74) is 2.48. The lowest BCUT2D eigenvalue weighted by molar-refractivity contribution is -0.161. The van der Waals surface area contributed by atoms with Crippen LogP contribution >= 0.6 is 0 Å². The van der Waals surface area contributed by atoms with Gasteiger partial charge in [0.25, 0.3) is 0 Å². The molecule has 2 spiro atoms. The van der Waals surface area contributed by atoms with E-state index < -0.39 is 0 Å². The van der Waals surface area contributed by atoms with Gasteiger partial charge in [0.1, 0.15) is 0 Å². The minimum atomic E-state index is -0.0890. The van der Waals surface area contributed by atoms with Crippen LogP contribution < -0.4 is 0 Å². The standard InChI is InChI=1S/C30H50O2/c1-19(8-11-24-26(4,5)32-24)20-12-14-28(7)22-10-9-21-25(2,3)23(31)13-15-29(21)18-30(22,29)17-16-27(20,28)6/h19-24,31H,8-18H2,1-7H3. The highest BCUT2D eigenvalue weighted by Gasteiger charge is 2.82. The first-order valence-electron chi connectivity index (χ1n) is 14.2. The van der Waals surface area contributed by atoms with E-state index in [1.54, 1.807) is 0 Å². The van der Waals surface area contributed by atoms with E-state index in [0.29, 0.717) is 27.8 Å². The molecule has 1 saturated heterocycles. The van der Waals surface area contributed by atoms with Crippen molar-refractivity contribution in [3.63, 3.8) is 0 Å². The summed E-state index contributed by atoms with van der Waals surface area (Å²) < 4.78 is 5.91. The minimum Gasteiger partial charge on any atom is -0.393 e. The van der Waals surface area contributed by atoms with E-state index in [1.165, 1.54) is 64.2 Å². The number of epoxide rings is 1. The van der Waals surface area contributed by atoms with Gasteiger partial charge in [-0.3, -0.25) is 0 Å². The lowest BCUT2D eigenvalue weighted by Crippen LogP contribution is -2.57. The molecule has 0 aromatic rings. The maximum atomic E-state index is 10.9. The van der Waals surface area contributed by atoms with Crippen LogP contribution in [-0.4, -0.2) is 22.9 Å². The topological polar surface area (TPSA) is 32.8 Å². The third-order valence-corrected chi connectivity index (χ3v) is 13.9. The van der Waals surface area contributed by atoms with Crippen LogP contribution in [0.4, 0.5) is 0 Å². The molecule has 0 aromatic heterocycles. The summed E-state index contributed by atoms with van der Waals surface area (Å²) >= 11 is 0. The second-order valence-electron chi connectivity index (χ2n) is 15.3. The number of aliphatic hydroxyl groups is 1. The molecule has 0 bridgehead atoms. The summed E-state index contributed by atoms with van der Waals surface area (Å²) in [5, 5.41) is 10.9. The third kappa shape index (κ3) is 2.51. The van der Waals surface area contributed by atoms with Crippen molar-refractivity contribution < 1.29 is 9.84 Å². The molecule has 6 rings (SSSR count). The van der Waals surface area contributed by atoms with E-state index >= 15 is 0 Å². The van der Waals surface area contributed by atoms with Gasteiger partial charge in [0, 0.05) is 0 Å². The van der Waals surface area contributed by atoms with Crippen molar-refractivity contribution in [2.45, 2.75) is 137 Å². The van der Waals surface area contributed by atoms with E-state index in [1.807, 2.05) is 0 Å². The van der Waals surface area contributed by atoms with Crippen molar-refractivity contribution in [2.24, 2.45) is 50.7 Å². The maximum absolute atomic E-state index is 10.9. The van der Waals surface area contributed by atoms with Gasteiger partial charge in [0.05, 0.1) is 17.8 Å². The molecule has 6 fully saturated rings. The zero-order valence-electron chi connectivity index (χ0n) is 22.1. The summed E-state index contributed by atoms with van der Waals surface area (Å²) in [6.45, 7) is 17.3. The summed E-state index contributed by atoms with van der Waals surface area (Å²) in [6.07, 6.45) is 15.5. The highest BCUT2D eigenvalue weighted by molar-refractivity contribution is 5.30. The van der Waals surface area contributed by atoms with Crippen molar-refractivity contribution in [1.82, 2.24) is 0 Å². The van der Waals surface area contributed by atoms with Gasteiger partial charge >= 0.3 is 0 Å². The SMILES string of the molecule is CC(CCC1OC1(C)C)C1CCC2(C)C3CCC4C(C)(C)C(O)CCC45CC35CCC12C. The summed E-state index contributed by atoms with van der Waals surface area (Å²) in [6, 6.07) is 0. The number of hydrogen-bond donors (Lipinski definition) is 1. The number of rotatable bonds is 4.